The Hall–Kier alpha value is -3.98. The van der Waals surface area contributed by atoms with Gasteiger partial charge in [0.2, 0.25) is 11.8 Å². The highest BCUT2D eigenvalue weighted by Gasteiger charge is 2.41. The Morgan fingerprint density at radius 1 is 0.949 bits per heavy atom. The van der Waals surface area contributed by atoms with Crippen LogP contribution in [0.25, 0.3) is 0 Å². The molecule has 0 aromatic heterocycles. The van der Waals surface area contributed by atoms with Gasteiger partial charge in [-0.25, -0.2) is 12.7 Å². The lowest BCUT2D eigenvalue weighted by Crippen LogP contribution is -2.51. The summed E-state index contributed by atoms with van der Waals surface area (Å²) in [5.41, 5.74) is 2.84. The molecule has 0 radical (unpaired) electrons. The number of rotatable bonds is 11. The maximum Gasteiger partial charge on any atom is 0.269 e. The molecular weight excluding hydrogens is 514 g/mol. The van der Waals surface area contributed by atoms with E-state index in [9.17, 15) is 22.8 Å². The number of aryl methyl sites for hydroxylation is 1. The van der Waals surface area contributed by atoms with Crippen molar-refractivity contribution in [2.45, 2.75) is 50.6 Å². The third kappa shape index (κ3) is 6.20. The Bertz CT molecular complexity index is 1460. The summed E-state index contributed by atoms with van der Waals surface area (Å²) in [6.45, 7) is 4.22. The molecule has 1 N–H and O–H groups in total. The van der Waals surface area contributed by atoms with Gasteiger partial charge in [-0.15, -0.1) is 0 Å². The Labute approximate surface area is 229 Å². The molecule has 39 heavy (non-hydrogen) atoms. The minimum absolute atomic E-state index is 0.0555. The molecule has 0 aliphatic carbocycles. The van der Waals surface area contributed by atoms with E-state index in [-0.39, 0.29) is 35.9 Å². The number of nitrogens with one attached hydrogen (secondary N) is 1. The van der Waals surface area contributed by atoms with E-state index in [1.54, 1.807) is 12.1 Å². The van der Waals surface area contributed by atoms with E-state index < -0.39 is 27.9 Å². The highest BCUT2D eigenvalue weighted by molar-refractivity contribution is 7.90. The van der Waals surface area contributed by atoms with Crippen molar-refractivity contribution in [3.8, 4) is 0 Å². The van der Waals surface area contributed by atoms with Crippen molar-refractivity contribution in [3.63, 3.8) is 0 Å². The van der Waals surface area contributed by atoms with Crippen LogP contribution in [0.1, 0.15) is 46.8 Å². The second-order valence-corrected chi connectivity index (χ2v) is 11.4. The van der Waals surface area contributed by atoms with Crippen LogP contribution < -0.4 is 5.32 Å². The van der Waals surface area contributed by atoms with Gasteiger partial charge in [-0.2, -0.15) is 0 Å². The van der Waals surface area contributed by atoms with Crippen molar-refractivity contribution in [2.24, 2.45) is 0 Å². The predicted molar refractivity (Wildman–Crippen MR) is 148 cm³/mol. The SMILES string of the molecule is CCCNC(=O)[C@H](Cc1ccccc1)N(Cc1ccccc1C)C(=O)CCN1C(=O)c2ccccc2S1(=O)=O. The number of fused-ring (bicyclic) bond motifs is 1. The zero-order valence-corrected chi connectivity index (χ0v) is 23.0. The minimum atomic E-state index is -4.05. The number of amides is 3. The van der Waals surface area contributed by atoms with Gasteiger partial charge in [0.25, 0.3) is 15.9 Å². The van der Waals surface area contributed by atoms with Crippen molar-refractivity contribution in [1.29, 1.82) is 0 Å². The molecule has 8 nitrogen and oxygen atoms in total. The number of nitrogens with zero attached hydrogens (tertiary/aromatic N) is 2. The molecule has 204 valence electrons. The van der Waals surface area contributed by atoms with Gasteiger partial charge in [-0.1, -0.05) is 73.7 Å². The summed E-state index contributed by atoms with van der Waals surface area (Å²) in [7, 11) is -4.05. The fourth-order valence-corrected chi connectivity index (χ4v) is 6.25. The maximum absolute atomic E-state index is 13.8. The van der Waals surface area contributed by atoms with E-state index in [4.69, 9.17) is 0 Å². The largest absolute Gasteiger partial charge is 0.354 e. The number of carbonyl (C=O) groups is 3. The Morgan fingerprint density at radius 3 is 2.31 bits per heavy atom. The minimum Gasteiger partial charge on any atom is -0.354 e. The van der Waals surface area contributed by atoms with Crippen LogP contribution in [0.3, 0.4) is 0 Å². The standard InChI is InChI=1S/C30H33N3O5S/c1-3-18-31-29(35)26(20-23-12-5-4-6-13-23)32(21-24-14-8-7-11-22(24)2)28(34)17-19-33-30(36)25-15-9-10-16-27(25)39(33,37)38/h4-16,26H,3,17-21H2,1-2H3,(H,31,35)/t26-/m0/s1. The molecule has 0 saturated carbocycles. The number of hydrogen-bond acceptors (Lipinski definition) is 5. The molecule has 0 saturated heterocycles. The van der Waals surface area contributed by atoms with Crippen LogP contribution >= 0.6 is 0 Å². The average molecular weight is 548 g/mol. The lowest BCUT2D eigenvalue weighted by atomic mass is 10.0. The van der Waals surface area contributed by atoms with Gasteiger partial charge in [0.15, 0.2) is 0 Å². The van der Waals surface area contributed by atoms with Gasteiger partial charge in [0, 0.05) is 32.5 Å². The van der Waals surface area contributed by atoms with E-state index >= 15 is 0 Å². The van der Waals surface area contributed by atoms with Gasteiger partial charge in [-0.05, 0) is 42.2 Å². The summed E-state index contributed by atoms with van der Waals surface area (Å²) in [4.78, 5) is 41.6. The summed E-state index contributed by atoms with van der Waals surface area (Å²) < 4.78 is 26.8. The number of hydrogen-bond donors (Lipinski definition) is 1. The summed E-state index contributed by atoms with van der Waals surface area (Å²) in [5, 5.41) is 2.92. The fourth-order valence-electron chi connectivity index (χ4n) is 4.68. The molecule has 3 aromatic rings. The van der Waals surface area contributed by atoms with Crippen LogP contribution in [0, 0.1) is 6.92 Å². The summed E-state index contributed by atoms with van der Waals surface area (Å²) in [5.74, 6) is -1.34. The zero-order chi connectivity index (χ0) is 28.0. The predicted octanol–water partition coefficient (Wildman–Crippen LogP) is 3.70. The van der Waals surface area contributed by atoms with Crippen molar-refractivity contribution < 1.29 is 22.8 Å². The van der Waals surface area contributed by atoms with Crippen LogP contribution in [0.4, 0.5) is 0 Å². The van der Waals surface area contributed by atoms with E-state index in [1.165, 1.54) is 17.0 Å². The van der Waals surface area contributed by atoms with Gasteiger partial charge in [0.1, 0.15) is 10.9 Å². The van der Waals surface area contributed by atoms with Crippen LogP contribution in [0.2, 0.25) is 0 Å². The van der Waals surface area contributed by atoms with Crippen LogP contribution in [0.15, 0.2) is 83.8 Å². The van der Waals surface area contributed by atoms with E-state index in [0.717, 1.165) is 27.4 Å². The quantitative estimate of drug-likeness (QED) is 0.394. The highest BCUT2D eigenvalue weighted by atomic mass is 32.2. The summed E-state index contributed by atoms with van der Waals surface area (Å²) in [6, 6.07) is 22.3. The Kier molecular flexibility index (Phi) is 8.81. The maximum atomic E-state index is 13.8. The monoisotopic (exact) mass is 547 g/mol. The first kappa shape index (κ1) is 28.0. The van der Waals surface area contributed by atoms with Gasteiger partial charge >= 0.3 is 0 Å². The third-order valence-corrected chi connectivity index (χ3v) is 8.70. The van der Waals surface area contributed by atoms with Crippen molar-refractivity contribution in [2.75, 3.05) is 13.1 Å². The normalized spacial score (nSPS) is 14.5. The second kappa shape index (κ2) is 12.3. The lowest BCUT2D eigenvalue weighted by molar-refractivity contribution is -0.141. The molecule has 3 amide bonds. The number of sulfonamides is 1. The zero-order valence-electron chi connectivity index (χ0n) is 22.2. The molecule has 3 aromatic carbocycles. The van der Waals surface area contributed by atoms with Crippen LogP contribution in [0.5, 0.6) is 0 Å². The second-order valence-electron chi connectivity index (χ2n) is 9.57. The molecule has 1 aliphatic rings. The molecular formula is C30H33N3O5S. The first-order valence-electron chi connectivity index (χ1n) is 13.1. The molecule has 0 bridgehead atoms. The van der Waals surface area contributed by atoms with Crippen LogP contribution in [-0.2, 0) is 32.6 Å². The summed E-state index contributed by atoms with van der Waals surface area (Å²) >= 11 is 0. The van der Waals surface area contributed by atoms with Crippen molar-refractivity contribution >= 4 is 27.7 Å². The Balaban J connectivity index is 1.63. The first-order chi connectivity index (χ1) is 18.7. The topological polar surface area (TPSA) is 104 Å². The fraction of sp³-hybridized carbons (Fsp3) is 0.300. The van der Waals surface area contributed by atoms with Gasteiger partial charge < -0.3 is 10.2 Å². The molecule has 0 fully saturated rings. The van der Waals surface area contributed by atoms with E-state index in [0.29, 0.717) is 13.0 Å². The molecule has 4 rings (SSSR count). The molecule has 9 heteroatoms. The van der Waals surface area contributed by atoms with Gasteiger partial charge in [-0.3, -0.25) is 14.4 Å². The molecule has 0 spiro atoms. The third-order valence-electron chi connectivity index (χ3n) is 6.86. The van der Waals surface area contributed by atoms with Crippen LogP contribution in [-0.4, -0.2) is 54.5 Å². The number of carbonyl (C=O) groups excluding carboxylic acids is 3. The summed E-state index contributed by atoms with van der Waals surface area (Å²) in [6.07, 6.45) is 0.780. The molecule has 1 heterocycles. The molecule has 1 aliphatic heterocycles. The highest BCUT2D eigenvalue weighted by Crippen LogP contribution is 2.30. The smallest absolute Gasteiger partial charge is 0.269 e. The van der Waals surface area contributed by atoms with Crippen molar-refractivity contribution in [3.05, 3.63) is 101 Å². The Morgan fingerprint density at radius 2 is 1.62 bits per heavy atom. The number of benzene rings is 3. The molecule has 0 unspecified atom stereocenters. The first-order valence-corrected chi connectivity index (χ1v) is 14.5. The molecule has 1 atom stereocenters. The van der Waals surface area contributed by atoms with E-state index in [1.807, 2.05) is 68.4 Å². The van der Waals surface area contributed by atoms with Gasteiger partial charge in [0.05, 0.1) is 5.56 Å². The lowest BCUT2D eigenvalue weighted by Gasteiger charge is -2.32. The van der Waals surface area contributed by atoms with E-state index in [2.05, 4.69) is 5.32 Å². The average Bonchev–Trinajstić information content (AvgIpc) is 3.13. The van der Waals surface area contributed by atoms with Crippen molar-refractivity contribution in [1.82, 2.24) is 14.5 Å².